The van der Waals surface area contributed by atoms with E-state index in [-0.39, 0.29) is 11.8 Å². The Kier molecular flexibility index (Phi) is 3.60. The van der Waals surface area contributed by atoms with Crippen LogP contribution in [-0.2, 0) is 0 Å². The summed E-state index contributed by atoms with van der Waals surface area (Å²) in [6, 6.07) is 12.7. The molecule has 0 radical (unpaired) electrons. The number of nitrogens with zero attached hydrogens (tertiary/aromatic N) is 3. The number of piperidine rings is 1. The van der Waals surface area contributed by atoms with Gasteiger partial charge in [-0.25, -0.2) is 5.01 Å². The van der Waals surface area contributed by atoms with Gasteiger partial charge in [-0.15, -0.1) is 0 Å². The van der Waals surface area contributed by atoms with Crippen LogP contribution in [-0.4, -0.2) is 41.0 Å². The molecule has 3 aliphatic rings. The van der Waals surface area contributed by atoms with Crippen LogP contribution in [0.2, 0.25) is 0 Å². The number of hydrogen-bond donors (Lipinski definition) is 0. The van der Waals surface area contributed by atoms with Crippen LogP contribution < -0.4 is 4.74 Å². The van der Waals surface area contributed by atoms with Crippen LogP contribution in [0, 0.1) is 6.92 Å². The molecule has 0 bridgehead atoms. The largest absolute Gasteiger partial charge is 0.466 e. The van der Waals surface area contributed by atoms with Crippen molar-refractivity contribution in [3.05, 3.63) is 53.5 Å². The first-order chi connectivity index (χ1) is 12.7. The smallest absolute Gasteiger partial charge is 0.200 e. The third-order valence-corrected chi connectivity index (χ3v) is 6.02. The SMILES string of the molecule is CCN1CCC2(CC1)Oc1ccccc1[C@@H]1CC(c3ccc(C)o3)=NN12. The van der Waals surface area contributed by atoms with Gasteiger partial charge in [0.15, 0.2) is 0 Å². The fourth-order valence-electron chi connectivity index (χ4n) is 4.52. The standard InChI is InChI=1S/C21H25N3O2/c1-3-23-12-10-21(11-13-23)24-18(16-6-4-5-7-19(16)26-21)14-17(22-24)20-9-8-15(2)25-20/h4-9,18H,3,10-14H2,1-2H3/t18-/m0/s1. The van der Waals surface area contributed by atoms with Crippen molar-refractivity contribution in [1.82, 2.24) is 9.91 Å². The minimum absolute atomic E-state index is 0.230. The molecule has 0 unspecified atom stereocenters. The maximum absolute atomic E-state index is 6.62. The summed E-state index contributed by atoms with van der Waals surface area (Å²) in [5, 5.41) is 7.28. The first-order valence-corrected chi connectivity index (χ1v) is 9.62. The number of aryl methyl sites for hydroxylation is 1. The molecule has 26 heavy (non-hydrogen) atoms. The number of rotatable bonds is 2. The summed E-state index contributed by atoms with van der Waals surface area (Å²) >= 11 is 0. The second-order valence-corrected chi connectivity index (χ2v) is 7.54. The molecule has 4 heterocycles. The molecule has 0 N–H and O–H groups in total. The van der Waals surface area contributed by atoms with E-state index >= 15 is 0 Å². The number of likely N-dealkylation sites (tertiary alicyclic amines) is 1. The molecule has 1 saturated heterocycles. The van der Waals surface area contributed by atoms with E-state index in [9.17, 15) is 0 Å². The van der Waals surface area contributed by atoms with Gasteiger partial charge < -0.3 is 14.1 Å². The summed E-state index contributed by atoms with van der Waals surface area (Å²) in [5.74, 6) is 2.83. The molecule has 2 aromatic rings. The van der Waals surface area contributed by atoms with E-state index in [4.69, 9.17) is 14.3 Å². The van der Waals surface area contributed by atoms with Crippen LogP contribution in [0.25, 0.3) is 0 Å². The Bertz CT molecular complexity index is 848. The predicted molar refractivity (Wildman–Crippen MR) is 100 cm³/mol. The van der Waals surface area contributed by atoms with Crippen molar-refractivity contribution in [2.45, 2.75) is 44.9 Å². The molecule has 1 aromatic carbocycles. The molecule has 136 valence electrons. The van der Waals surface area contributed by atoms with Crippen molar-refractivity contribution in [3.8, 4) is 5.75 Å². The first kappa shape index (κ1) is 15.9. The van der Waals surface area contributed by atoms with Crippen LogP contribution in [0.5, 0.6) is 5.75 Å². The van der Waals surface area contributed by atoms with E-state index in [1.54, 1.807) is 0 Å². The molecule has 3 aliphatic heterocycles. The average Bonchev–Trinajstić information content (AvgIpc) is 3.30. The molecule has 5 heteroatoms. The zero-order chi connectivity index (χ0) is 17.7. The van der Waals surface area contributed by atoms with E-state index in [1.807, 2.05) is 19.1 Å². The van der Waals surface area contributed by atoms with Crippen LogP contribution in [0.4, 0.5) is 0 Å². The Hall–Kier alpha value is -2.27. The van der Waals surface area contributed by atoms with Crippen molar-refractivity contribution >= 4 is 5.71 Å². The van der Waals surface area contributed by atoms with E-state index < -0.39 is 0 Å². The zero-order valence-electron chi connectivity index (χ0n) is 15.4. The average molecular weight is 351 g/mol. The van der Waals surface area contributed by atoms with Crippen molar-refractivity contribution in [2.24, 2.45) is 5.10 Å². The topological polar surface area (TPSA) is 41.2 Å². The molecule has 1 spiro atoms. The van der Waals surface area contributed by atoms with Crippen molar-refractivity contribution < 1.29 is 9.15 Å². The van der Waals surface area contributed by atoms with Crippen LogP contribution >= 0.6 is 0 Å². The van der Waals surface area contributed by atoms with Crippen molar-refractivity contribution in [2.75, 3.05) is 19.6 Å². The molecule has 0 saturated carbocycles. The van der Waals surface area contributed by atoms with Gasteiger partial charge in [-0.05, 0) is 31.7 Å². The summed E-state index contributed by atoms with van der Waals surface area (Å²) < 4.78 is 12.5. The molecule has 0 amide bonds. The molecular formula is C21H25N3O2. The lowest BCUT2D eigenvalue weighted by atomic mass is 9.91. The summed E-state index contributed by atoms with van der Waals surface area (Å²) in [6.45, 7) is 7.39. The third kappa shape index (κ3) is 2.37. The first-order valence-electron chi connectivity index (χ1n) is 9.62. The normalized spacial score (nSPS) is 24.2. The van der Waals surface area contributed by atoms with Gasteiger partial charge in [0, 0.05) is 37.9 Å². The Balaban J connectivity index is 1.55. The number of benzene rings is 1. The highest BCUT2D eigenvalue weighted by Crippen LogP contribution is 2.49. The minimum Gasteiger partial charge on any atom is -0.466 e. The molecule has 0 aliphatic carbocycles. The second kappa shape index (κ2) is 5.88. The van der Waals surface area contributed by atoms with Crippen LogP contribution in [0.1, 0.15) is 49.3 Å². The molecule has 1 aromatic heterocycles. The third-order valence-electron chi connectivity index (χ3n) is 6.02. The Morgan fingerprint density at radius 1 is 1.15 bits per heavy atom. The maximum atomic E-state index is 6.62. The quantitative estimate of drug-likeness (QED) is 0.822. The van der Waals surface area contributed by atoms with Crippen LogP contribution in [0.3, 0.4) is 0 Å². The number of hydrogen-bond acceptors (Lipinski definition) is 5. The van der Waals surface area contributed by atoms with Crippen LogP contribution in [0.15, 0.2) is 45.9 Å². The number of furan rings is 1. The lowest BCUT2D eigenvalue weighted by molar-refractivity contribution is -0.149. The Morgan fingerprint density at radius 3 is 2.69 bits per heavy atom. The molecule has 5 rings (SSSR count). The van der Waals surface area contributed by atoms with Gasteiger partial charge in [-0.1, -0.05) is 25.1 Å². The number of para-hydroxylation sites is 1. The summed E-state index contributed by atoms with van der Waals surface area (Å²) in [5.41, 5.74) is 1.92. The number of ether oxygens (including phenoxy) is 1. The zero-order valence-corrected chi connectivity index (χ0v) is 15.4. The molecule has 5 nitrogen and oxygen atoms in total. The van der Waals surface area contributed by atoms with E-state index in [0.717, 1.165) is 61.9 Å². The molecular weight excluding hydrogens is 326 g/mol. The monoisotopic (exact) mass is 351 g/mol. The summed E-state index contributed by atoms with van der Waals surface area (Å²) in [4.78, 5) is 2.49. The summed E-state index contributed by atoms with van der Waals surface area (Å²) in [6.07, 6.45) is 2.81. The van der Waals surface area contributed by atoms with Gasteiger partial charge in [0.05, 0.1) is 6.04 Å². The highest BCUT2D eigenvalue weighted by molar-refractivity contribution is 5.99. The van der Waals surface area contributed by atoms with Crippen molar-refractivity contribution in [3.63, 3.8) is 0 Å². The van der Waals surface area contributed by atoms with Gasteiger partial charge in [-0.3, -0.25) is 0 Å². The Morgan fingerprint density at radius 2 is 1.96 bits per heavy atom. The van der Waals surface area contributed by atoms with Gasteiger partial charge in [0.1, 0.15) is 23.0 Å². The number of fused-ring (bicyclic) bond motifs is 4. The Labute approximate surface area is 154 Å². The minimum atomic E-state index is -0.339. The number of hydrazone groups is 1. The van der Waals surface area contributed by atoms with Gasteiger partial charge in [0.25, 0.3) is 0 Å². The summed E-state index contributed by atoms with van der Waals surface area (Å²) in [7, 11) is 0. The highest BCUT2D eigenvalue weighted by Gasteiger charge is 2.51. The lowest BCUT2D eigenvalue weighted by Gasteiger charge is -2.51. The van der Waals surface area contributed by atoms with E-state index in [0.29, 0.717) is 0 Å². The van der Waals surface area contributed by atoms with Crippen molar-refractivity contribution in [1.29, 1.82) is 0 Å². The van der Waals surface area contributed by atoms with Gasteiger partial charge in [0.2, 0.25) is 5.72 Å². The van der Waals surface area contributed by atoms with E-state index in [2.05, 4.69) is 41.1 Å². The lowest BCUT2D eigenvalue weighted by Crippen LogP contribution is -2.59. The highest BCUT2D eigenvalue weighted by atomic mass is 16.5. The fourth-order valence-corrected chi connectivity index (χ4v) is 4.52. The van der Waals surface area contributed by atoms with Gasteiger partial charge >= 0.3 is 0 Å². The molecule has 1 atom stereocenters. The molecule has 1 fully saturated rings. The predicted octanol–water partition coefficient (Wildman–Crippen LogP) is 3.94. The maximum Gasteiger partial charge on any atom is 0.200 e. The van der Waals surface area contributed by atoms with E-state index in [1.165, 1.54) is 5.56 Å². The fraction of sp³-hybridized carbons (Fsp3) is 0.476. The second-order valence-electron chi connectivity index (χ2n) is 7.54. The van der Waals surface area contributed by atoms with Gasteiger partial charge in [-0.2, -0.15) is 5.10 Å².